The average Bonchev–Trinajstić information content (AvgIpc) is 3.03. The van der Waals surface area contributed by atoms with Gasteiger partial charge < -0.3 is 76.1 Å². The molecule has 0 spiro atoms. The zero-order chi connectivity index (χ0) is 52.3. The van der Waals surface area contributed by atoms with Crippen LogP contribution in [0.4, 0.5) is 0 Å². The number of aliphatic carboxylic acids is 5. The van der Waals surface area contributed by atoms with Gasteiger partial charge in [0, 0.05) is 180 Å². The zero-order valence-electron chi connectivity index (χ0n) is 43.9. The summed E-state index contributed by atoms with van der Waals surface area (Å²) < 4.78 is 5.13. The van der Waals surface area contributed by atoms with E-state index in [0.29, 0.717) is 6.42 Å². The fourth-order valence-electron chi connectivity index (χ4n) is 5.23. The Labute approximate surface area is 512 Å². The van der Waals surface area contributed by atoms with Crippen molar-refractivity contribution in [1.82, 2.24) is 0 Å². The number of ketones is 3. The Bertz CT molecular complexity index is 1510. The van der Waals surface area contributed by atoms with Crippen LogP contribution in [0, 0.1) is 65.1 Å². The van der Waals surface area contributed by atoms with Gasteiger partial charge in [0.05, 0.1) is 11.8 Å². The second kappa shape index (κ2) is 41.7. The number of hydrogen-bond acceptors (Lipinski definition) is 11. The number of Topliss-reactive ketones (excluding diaryl/α,β-unsaturated/α-hetero) is 3. The van der Waals surface area contributed by atoms with Crippen molar-refractivity contribution in [2.24, 2.45) is 45.1 Å². The molecule has 0 aliphatic carbocycles. The van der Waals surface area contributed by atoms with E-state index in [0.717, 1.165) is 0 Å². The molecule has 21 heteroatoms. The van der Waals surface area contributed by atoms with Crippen LogP contribution in [-0.4, -0.2) is 90.2 Å². The standard InChI is InChI=1S/C16H27O5.C12H20NO4.C12H19O5.C8H15O2.4Y/c1-15(2,3)10-12(17)9-11(14(19)20)7-8-13(18)21-16(4,5)6;1-12(2,3)7-9(14)6-8(11(13)17)4-5-10(15)16;1-12(2,3)7-9(13)6-8(11(16)17)4-5-10(14)15;1-8(2,3)6-4-5-7(9)10;;;;/h10-11H,7-9H2,1-6H3,(H,19,20);7-8H,4-6H2,1-3H3,(H2,13,17)(H,15,16);7-8H,4-6H2,1-3H3,(H,14,15)(H,16,17);6H,4-5H2,1-3H3,(H,9,10);;;;/q4*-1;;;;. The summed E-state index contributed by atoms with van der Waals surface area (Å²) in [6.45, 7) is 28.2. The molecule has 390 valence electrons. The number of ether oxygens (including phenoxy) is 1. The molecule has 0 fully saturated rings. The van der Waals surface area contributed by atoms with E-state index in [1.807, 2.05) is 68.7 Å². The molecule has 0 saturated heterocycles. The van der Waals surface area contributed by atoms with Crippen molar-refractivity contribution in [3.8, 4) is 0 Å². The first kappa shape index (κ1) is 85.1. The second-order valence-corrected chi connectivity index (χ2v) is 21.2. The molecule has 0 aromatic carbocycles. The maximum atomic E-state index is 11.8. The Morgan fingerprint density at radius 2 is 0.710 bits per heavy atom. The van der Waals surface area contributed by atoms with Crippen molar-refractivity contribution in [3.05, 3.63) is 25.7 Å². The number of rotatable bonds is 24. The van der Waals surface area contributed by atoms with Crippen LogP contribution in [-0.2, 0) is 184 Å². The van der Waals surface area contributed by atoms with Crippen molar-refractivity contribution in [2.45, 2.75) is 180 Å². The van der Waals surface area contributed by atoms with Gasteiger partial charge in [0.15, 0.2) is 0 Å². The molecular formula is C48H81NO16Y4-4. The fourth-order valence-corrected chi connectivity index (χ4v) is 5.23. The van der Waals surface area contributed by atoms with Crippen LogP contribution in [0.1, 0.15) is 174 Å². The third kappa shape index (κ3) is 67.3. The van der Waals surface area contributed by atoms with E-state index < -0.39 is 65.1 Å². The second-order valence-electron chi connectivity index (χ2n) is 21.2. The van der Waals surface area contributed by atoms with Gasteiger partial charge in [0.25, 0.3) is 0 Å². The number of primary amides is 1. The van der Waals surface area contributed by atoms with Crippen LogP contribution >= 0.6 is 0 Å². The van der Waals surface area contributed by atoms with E-state index in [1.165, 1.54) is 19.3 Å². The minimum absolute atomic E-state index is 0. The van der Waals surface area contributed by atoms with E-state index in [1.54, 1.807) is 20.8 Å². The summed E-state index contributed by atoms with van der Waals surface area (Å²) in [5, 5.41) is 43.3. The number of carboxylic acid groups (broad SMARTS) is 5. The molecule has 0 saturated carbocycles. The topological polar surface area (TPSA) is 307 Å². The van der Waals surface area contributed by atoms with E-state index in [4.69, 9.17) is 36.0 Å². The summed E-state index contributed by atoms with van der Waals surface area (Å²) >= 11 is 0. The molecule has 0 aliphatic rings. The maximum Gasteiger partial charge on any atom is 0.306 e. The van der Waals surface area contributed by atoms with Gasteiger partial charge >= 0.3 is 35.8 Å². The third-order valence-corrected chi connectivity index (χ3v) is 7.87. The number of hydrogen-bond donors (Lipinski definition) is 6. The minimum atomic E-state index is -1.12. The number of nitrogens with two attached hydrogens (primary N) is 1. The van der Waals surface area contributed by atoms with Gasteiger partial charge in [-0.2, -0.15) is 11.8 Å². The van der Waals surface area contributed by atoms with Crippen molar-refractivity contribution < 1.29 is 209 Å². The number of amides is 1. The zero-order valence-corrected chi connectivity index (χ0v) is 55.3. The largest absolute Gasteiger partial charge is 0.481 e. The van der Waals surface area contributed by atoms with Gasteiger partial charge in [-0.05, 0) is 59.3 Å². The molecule has 0 aromatic rings. The Morgan fingerprint density at radius 3 is 0.942 bits per heavy atom. The third-order valence-electron chi connectivity index (χ3n) is 7.87. The normalized spacial score (nSPS) is 12.1. The van der Waals surface area contributed by atoms with Crippen LogP contribution in [0.25, 0.3) is 0 Å². The molecule has 69 heavy (non-hydrogen) atoms. The summed E-state index contributed by atoms with van der Waals surface area (Å²) in [5.74, 6) is -9.13. The summed E-state index contributed by atoms with van der Waals surface area (Å²) in [6.07, 6.45) is 7.03. The van der Waals surface area contributed by atoms with Crippen molar-refractivity contribution in [1.29, 1.82) is 0 Å². The van der Waals surface area contributed by atoms with E-state index in [9.17, 15) is 47.9 Å². The number of esters is 1. The molecule has 1 amide bonds. The molecular weight excluding hydrogens is 1200 g/mol. The van der Waals surface area contributed by atoms with Crippen molar-refractivity contribution in [3.63, 3.8) is 0 Å². The predicted octanol–water partition coefficient (Wildman–Crippen LogP) is 8.03. The minimum Gasteiger partial charge on any atom is -0.481 e. The van der Waals surface area contributed by atoms with Crippen LogP contribution in [0.2, 0.25) is 0 Å². The van der Waals surface area contributed by atoms with E-state index in [-0.39, 0.29) is 234 Å². The number of carboxylic acids is 5. The van der Waals surface area contributed by atoms with Crippen molar-refractivity contribution >= 4 is 59.1 Å². The summed E-state index contributed by atoms with van der Waals surface area (Å²) in [7, 11) is 0. The Kier molecular flexibility index (Phi) is 51.4. The van der Waals surface area contributed by atoms with Gasteiger partial charge in [-0.1, -0.05) is 83.1 Å². The quantitative estimate of drug-likeness (QED) is 0.0393. The number of carbonyl (C=O) groups excluding carboxylic acids is 5. The molecule has 3 unspecified atom stereocenters. The van der Waals surface area contributed by atoms with Crippen LogP contribution in [0.15, 0.2) is 0 Å². The van der Waals surface area contributed by atoms with Gasteiger partial charge in [-0.25, -0.2) is 0 Å². The molecule has 0 aliphatic heterocycles. The first-order valence-corrected chi connectivity index (χ1v) is 21.6. The molecule has 0 aromatic heterocycles. The van der Waals surface area contributed by atoms with Crippen LogP contribution in [0.5, 0.6) is 0 Å². The SMILES string of the molecule is CC(C)(C)[CH-]C(=O)CC(CCC(=O)O)C(=O)O.CC(C)(C)[CH-]C(=O)CC(CCC(=O)O)C(N)=O.CC(C)(C)[CH-]C(=O)CC(CCC(=O)OC(C)(C)C)C(=O)O.CC(C)(C)[CH-]CCC(=O)O.[Y].[Y].[Y].[Y]. The van der Waals surface area contributed by atoms with Crippen LogP contribution in [0.3, 0.4) is 0 Å². The Hall–Kier alpha value is -0.674. The molecule has 4 radical (unpaired) electrons. The molecule has 3 atom stereocenters. The molecule has 0 heterocycles. The molecule has 0 rings (SSSR count). The summed E-state index contributed by atoms with van der Waals surface area (Å²) in [4.78, 5) is 110. The van der Waals surface area contributed by atoms with E-state index >= 15 is 0 Å². The van der Waals surface area contributed by atoms with E-state index in [2.05, 4.69) is 20.8 Å². The Balaban J connectivity index is -0.000000120. The van der Waals surface area contributed by atoms with Gasteiger partial charge in [0.1, 0.15) is 5.60 Å². The predicted molar refractivity (Wildman–Crippen MR) is 245 cm³/mol. The first-order valence-electron chi connectivity index (χ1n) is 21.6. The van der Waals surface area contributed by atoms with Crippen LogP contribution < -0.4 is 5.73 Å². The smallest absolute Gasteiger partial charge is 0.306 e. The molecule has 0 bridgehead atoms. The summed E-state index contributed by atoms with van der Waals surface area (Å²) in [5.41, 5.74) is 3.85. The maximum absolute atomic E-state index is 11.8. The van der Waals surface area contributed by atoms with Gasteiger partial charge in [0.2, 0.25) is 5.91 Å². The van der Waals surface area contributed by atoms with Crippen molar-refractivity contribution in [2.75, 3.05) is 0 Å². The Morgan fingerprint density at radius 1 is 0.435 bits per heavy atom. The number of carbonyl (C=O) groups is 10. The first-order chi connectivity index (χ1) is 28.9. The summed E-state index contributed by atoms with van der Waals surface area (Å²) in [6, 6.07) is 0. The average molecular weight is 1280 g/mol. The molecule has 17 nitrogen and oxygen atoms in total. The molecule has 7 N–H and O–H groups in total. The van der Waals surface area contributed by atoms with Gasteiger partial charge in [-0.15, -0.1) is 16.2 Å². The monoisotopic (exact) mass is 1280 g/mol. The van der Waals surface area contributed by atoms with Gasteiger partial charge in [-0.3, -0.25) is 33.6 Å². The fraction of sp³-hybridized carbons (Fsp3) is 0.708.